The molecule has 90 valence electrons. The maximum absolute atomic E-state index is 3.94. The normalized spacial score (nSPS) is 14.9. The molecular weight excluding hydrogens is 182 g/mol. The van der Waals surface area contributed by atoms with Crippen LogP contribution in [0.1, 0.15) is 58.8 Å². The molecule has 0 aliphatic heterocycles. The summed E-state index contributed by atoms with van der Waals surface area (Å²) in [6.07, 6.45) is 11.6. The first-order valence-corrected chi connectivity index (χ1v) is 6.46. The zero-order chi connectivity index (χ0) is 11.6. The maximum Gasteiger partial charge on any atom is 0.00367 e. The standard InChI is InChI=1S/C14H29N/c1-5-7-8-9-10-11-12-14(3,6-2)13-15-4/h6,15H,2,5,7-13H2,1,3-4H3. The summed E-state index contributed by atoms with van der Waals surface area (Å²) in [5.74, 6) is 0. The Kier molecular flexibility index (Phi) is 8.79. The van der Waals surface area contributed by atoms with E-state index in [-0.39, 0.29) is 0 Å². The van der Waals surface area contributed by atoms with E-state index in [4.69, 9.17) is 0 Å². The van der Waals surface area contributed by atoms with Gasteiger partial charge in [-0.05, 0) is 18.9 Å². The molecule has 0 radical (unpaired) electrons. The van der Waals surface area contributed by atoms with E-state index in [0.29, 0.717) is 5.41 Å². The Hall–Kier alpha value is -0.300. The molecule has 0 aliphatic rings. The van der Waals surface area contributed by atoms with E-state index in [1.807, 2.05) is 7.05 Å². The summed E-state index contributed by atoms with van der Waals surface area (Å²) < 4.78 is 0. The molecule has 1 unspecified atom stereocenters. The second-order valence-corrected chi connectivity index (χ2v) is 4.91. The highest BCUT2D eigenvalue weighted by Gasteiger charge is 2.17. The van der Waals surface area contributed by atoms with Crippen molar-refractivity contribution < 1.29 is 0 Å². The van der Waals surface area contributed by atoms with Gasteiger partial charge in [0.1, 0.15) is 0 Å². The van der Waals surface area contributed by atoms with Crippen molar-refractivity contribution in [2.45, 2.75) is 58.8 Å². The van der Waals surface area contributed by atoms with Crippen molar-refractivity contribution >= 4 is 0 Å². The van der Waals surface area contributed by atoms with Crippen LogP contribution in [-0.2, 0) is 0 Å². The first-order chi connectivity index (χ1) is 7.18. The van der Waals surface area contributed by atoms with Crippen molar-refractivity contribution in [2.24, 2.45) is 5.41 Å². The summed E-state index contributed by atoms with van der Waals surface area (Å²) in [6.45, 7) is 9.55. The number of rotatable bonds is 10. The fourth-order valence-electron chi connectivity index (χ4n) is 1.98. The first kappa shape index (κ1) is 14.7. The average molecular weight is 211 g/mol. The lowest BCUT2D eigenvalue weighted by Gasteiger charge is -2.25. The summed E-state index contributed by atoms with van der Waals surface area (Å²) in [6, 6.07) is 0. The molecule has 0 heterocycles. The van der Waals surface area contributed by atoms with Gasteiger partial charge in [0.25, 0.3) is 0 Å². The van der Waals surface area contributed by atoms with Crippen LogP contribution in [0.4, 0.5) is 0 Å². The predicted molar refractivity (Wildman–Crippen MR) is 70.2 cm³/mol. The molecule has 0 aliphatic carbocycles. The van der Waals surface area contributed by atoms with Gasteiger partial charge in [0.05, 0.1) is 0 Å². The zero-order valence-corrected chi connectivity index (χ0v) is 10.9. The van der Waals surface area contributed by atoms with E-state index in [0.717, 1.165) is 6.54 Å². The van der Waals surface area contributed by atoms with Gasteiger partial charge in [-0.25, -0.2) is 0 Å². The van der Waals surface area contributed by atoms with E-state index in [1.54, 1.807) is 0 Å². The largest absolute Gasteiger partial charge is 0.319 e. The molecule has 1 N–H and O–H groups in total. The van der Waals surface area contributed by atoms with Crippen molar-refractivity contribution in [1.82, 2.24) is 5.32 Å². The molecular formula is C14H29N. The molecule has 0 aromatic heterocycles. The quantitative estimate of drug-likeness (QED) is 0.423. The van der Waals surface area contributed by atoms with Gasteiger partial charge in [0.15, 0.2) is 0 Å². The molecule has 1 heteroatoms. The zero-order valence-electron chi connectivity index (χ0n) is 10.9. The Morgan fingerprint density at radius 3 is 2.27 bits per heavy atom. The van der Waals surface area contributed by atoms with E-state index < -0.39 is 0 Å². The summed E-state index contributed by atoms with van der Waals surface area (Å²) in [5.41, 5.74) is 0.291. The van der Waals surface area contributed by atoms with E-state index in [1.165, 1.54) is 44.9 Å². The van der Waals surface area contributed by atoms with Crippen LogP contribution in [0.2, 0.25) is 0 Å². The summed E-state index contributed by atoms with van der Waals surface area (Å²) >= 11 is 0. The number of nitrogens with one attached hydrogen (secondary N) is 1. The van der Waals surface area contributed by atoms with Crippen molar-refractivity contribution in [3.63, 3.8) is 0 Å². The highest BCUT2D eigenvalue weighted by atomic mass is 14.8. The lowest BCUT2D eigenvalue weighted by atomic mass is 9.84. The van der Waals surface area contributed by atoms with Crippen LogP contribution in [0.5, 0.6) is 0 Å². The van der Waals surface area contributed by atoms with Crippen LogP contribution in [-0.4, -0.2) is 13.6 Å². The fourth-order valence-corrected chi connectivity index (χ4v) is 1.98. The summed E-state index contributed by atoms with van der Waals surface area (Å²) in [4.78, 5) is 0. The third kappa shape index (κ3) is 7.61. The van der Waals surface area contributed by atoms with E-state index in [9.17, 15) is 0 Å². The Morgan fingerprint density at radius 2 is 1.73 bits per heavy atom. The van der Waals surface area contributed by atoms with Gasteiger partial charge in [0, 0.05) is 6.54 Å². The average Bonchev–Trinajstić information content (AvgIpc) is 2.24. The topological polar surface area (TPSA) is 12.0 Å². The molecule has 1 nitrogen and oxygen atoms in total. The monoisotopic (exact) mass is 211 g/mol. The van der Waals surface area contributed by atoms with Crippen LogP contribution in [0.25, 0.3) is 0 Å². The maximum atomic E-state index is 3.94. The SMILES string of the molecule is C=CC(C)(CCCCCCCC)CNC. The number of unbranched alkanes of at least 4 members (excludes halogenated alkanes) is 5. The molecule has 0 amide bonds. The Bertz CT molecular complexity index is 153. The highest BCUT2D eigenvalue weighted by Crippen LogP contribution is 2.25. The molecule has 0 rings (SSSR count). The molecule has 15 heavy (non-hydrogen) atoms. The Balaban J connectivity index is 3.50. The van der Waals surface area contributed by atoms with Crippen molar-refractivity contribution in [1.29, 1.82) is 0 Å². The third-order valence-corrected chi connectivity index (χ3v) is 3.17. The molecule has 0 aromatic carbocycles. The lowest BCUT2D eigenvalue weighted by molar-refractivity contribution is 0.358. The molecule has 0 spiro atoms. The number of hydrogen-bond acceptors (Lipinski definition) is 1. The van der Waals surface area contributed by atoms with Crippen molar-refractivity contribution in [2.75, 3.05) is 13.6 Å². The van der Waals surface area contributed by atoms with Crippen molar-refractivity contribution in [3.05, 3.63) is 12.7 Å². The van der Waals surface area contributed by atoms with Gasteiger partial charge >= 0.3 is 0 Å². The highest BCUT2D eigenvalue weighted by molar-refractivity contribution is 4.92. The molecule has 1 atom stereocenters. The van der Waals surface area contributed by atoms with Crippen LogP contribution in [0.3, 0.4) is 0 Å². The molecule has 0 fully saturated rings. The first-order valence-electron chi connectivity index (χ1n) is 6.46. The van der Waals surface area contributed by atoms with Gasteiger partial charge in [-0.15, -0.1) is 6.58 Å². The van der Waals surface area contributed by atoms with Gasteiger partial charge in [-0.1, -0.05) is 58.4 Å². The van der Waals surface area contributed by atoms with Gasteiger partial charge in [-0.2, -0.15) is 0 Å². The number of hydrogen-bond donors (Lipinski definition) is 1. The summed E-state index contributed by atoms with van der Waals surface area (Å²) in [5, 5.41) is 3.25. The molecule has 0 bridgehead atoms. The van der Waals surface area contributed by atoms with Gasteiger partial charge < -0.3 is 5.32 Å². The third-order valence-electron chi connectivity index (χ3n) is 3.17. The molecule has 0 saturated heterocycles. The van der Waals surface area contributed by atoms with Gasteiger partial charge in [0.2, 0.25) is 0 Å². The fraction of sp³-hybridized carbons (Fsp3) is 0.857. The van der Waals surface area contributed by atoms with Crippen LogP contribution in [0.15, 0.2) is 12.7 Å². The minimum absolute atomic E-state index is 0.291. The minimum Gasteiger partial charge on any atom is -0.319 e. The van der Waals surface area contributed by atoms with Crippen molar-refractivity contribution in [3.8, 4) is 0 Å². The van der Waals surface area contributed by atoms with Crippen LogP contribution >= 0.6 is 0 Å². The van der Waals surface area contributed by atoms with Crippen LogP contribution < -0.4 is 5.32 Å². The smallest absolute Gasteiger partial charge is 0.00367 e. The minimum atomic E-state index is 0.291. The Labute approximate surface area is 96.3 Å². The van der Waals surface area contributed by atoms with Gasteiger partial charge in [-0.3, -0.25) is 0 Å². The van der Waals surface area contributed by atoms with E-state index in [2.05, 4.69) is 31.8 Å². The second kappa shape index (κ2) is 8.96. The molecule has 0 saturated carbocycles. The molecule has 0 aromatic rings. The second-order valence-electron chi connectivity index (χ2n) is 4.91. The summed E-state index contributed by atoms with van der Waals surface area (Å²) in [7, 11) is 2.02. The lowest BCUT2D eigenvalue weighted by Crippen LogP contribution is -2.27. The van der Waals surface area contributed by atoms with Crippen LogP contribution in [0, 0.1) is 5.41 Å². The Morgan fingerprint density at radius 1 is 1.13 bits per heavy atom. The predicted octanol–water partition coefficient (Wildman–Crippen LogP) is 4.15. The van der Waals surface area contributed by atoms with E-state index >= 15 is 0 Å².